The minimum atomic E-state index is -1.69. The molecular weight excluding hydrogens is 236 g/mol. The van der Waals surface area contributed by atoms with Crippen LogP contribution in [0.25, 0.3) is 11.1 Å². The van der Waals surface area contributed by atoms with E-state index >= 15 is 0 Å². The van der Waals surface area contributed by atoms with Crippen molar-refractivity contribution in [3.8, 4) is 11.1 Å². The van der Waals surface area contributed by atoms with Crippen LogP contribution in [0, 0.1) is 23.5 Å². The molecule has 6 heteroatoms. The zero-order valence-corrected chi connectivity index (χ0v) is 8.35. The van der Waals surface area contributed by atoms with Crippen LogP contribution in [-0.2, 0) is 0 Å². The SMILES string of the molecule is Nc1cccc(-c2c(F)c(F)nc(F)c2F)c1. The molecule has 2 nitrogen and oxygen atoms in total. The smallest absolute Gasteiger partial charge is 0.252 e. The molecule has 0 amide bonds. The van der Waals surface area contributed by atoms with Crippen LogP contribution in [0.3, 0.4) is 0 Å². The Morgan fingerprint density at radius 2 is 1.53 bits per heavy atom. The third-order valence-electron chi connectivity index (χ3n) is 2.17. The summed E-state index contributed by atoms with van der Waals surface area (Å²) in [6.45, 7) is 0. The second-order valence-electron chi connectivity index (χ2n) is 3.32. The molecule has 17 heavy (non-hydrogen) atoms. The fourth-order valence-corrected chi connectivity index (χ4v) is 1.43. The lowest BCUT2D eigenvalue weighted by Gasteiger charge is -2.06. The van der Waals surface area contributed by atoms with E-state index in [9.17, 15) is 17.6 Å². The number of nitrogen functional groups attached to an aromatic ring is 1. The lowest BCUT2D eigenvalue weighted by Crippen LogP contribution is -2.03. The fraction of sp³-hybridized carbons (Fsp3) is 0. The normalized spacial score (nSPS) is 10.6. The average Bonchev–Trinajstić information content (AvgIpc) is 2.27. The van der Waals surface area contributed by atoms with Crippen LogP contribution in [0.2, 0.25) is 0 Å². The number of aromatic nitrogens is 1. The predicted octanol–water partition coefficient (Wildman–Crippen LogP) is 2.89. The van der Waals surface area contributed by atoms with Crippen molar-refractivity contribution < 1.29 is 17.6 Å². The van der Waals surface area contributed by atoms with E-state index in [1.807, 2.05) is 0 Å². The number of benzene rings is 1. The quantitative estimate of drug-likeness (QED) is 0.474. The number of hydrogen-bond acceptors (Lipinski definition) is 2. The van der Waals surface area contributed by atoms with Gasteiger partial charge in [0, 0.05) is 5.69 Å². The van der Waals surface area contributed by atoms with Crippen molar-refractivity contribution in [2.45, 2.75) is 0 Å². The van der Waals surface area contributed by atoms with Crippen LogP contribution in [0.5, 0.6) is 0 Å². The van der Waals surface area contributed by atoms with Gasteiger partial charge in [-0.25, -0.2) is 8.78 Å². The van der Waals surface area contributed by atoms with Crippen molar-refractivity contribution in [2.24, 2.45) is 0 Å². The Morgan fingerprint density at radius 1 is 0.941 bits per heavy atom. The number of nitrogens with zero attached hydrogens (tertiary/aromatic N) is 1. The van der Waals surface area contributed by atoms with E-state index in [4.69, 9.17) is 5.73 Å². The van der Waals surface area contributed by atoms with Crippen LogP contribution in [0.4, 0.5) is 23.2 Å². The Labute approximate surface area is 93.7 Å². The molecular formula is C11H6F4N2. The molecule has 0 radical (unpaired) electrons. The molecule has 88 valence electrons. The van der Waals surface area contributed by atoms with Crippen molar-refractivity contribution in [1.82, 2.24) is 4.98 Å². The minimum Gasteiger partial charge on any atom is -0.399 e. The number of hydrogen-bond donors (Lipinski definition) is 1. The van der Waals surface area contributed by atoms with Crippen molar-refractivity contribution in [1.29, 1.82) is 0 Å². The Balaban J connectivity index is 2.75. The van der Waals surface area contributed by atoms with Crippen molar-refractivity contribution in [3.05, 3.63) is 47.8 Å². The maximum absolute atomic E-state index is 13.4. The molecule has 0 aliphatic heterocycles. The van der Waals surface area contributed by atoms with Crippen LogP contribution < -0.4 is 5.73 Å². The molecule has 0 aliphatic carbocycles. The Hall–Kier alpha value is -2.11. The molecule has 2 aromatic rings. The summed E-state index contributed by atoms with van der Waals surface area (Å²) in [6.07, 6.45) is 0. The van der Waals surface area contributed by atoms with E-state index in [-0.39, 0.29) is 11.3 Å². The summed E-state index contributed by atoms with van der Waals surface area (Å²) in [5.41, 5.74) is 4.77. The number of halogens is 4. The fourth-order valence-electron chi connectivity index (χ4n) is 1.43. The number of pyridine rings is 1. The molecule has 0 spiro atoms. The molecule has 0 atom stereocenters. The second-order valence-corrected chi connectivity index (χ2v) is 3.32. The molecule has 0 fully saturated rings. The van der Waals surface area contributed by atoms with Gasteiger partial charge in [0.25, 0.3) is 11.9 Å². The summed E-state index contributed by atoms with van der Waals surface area (Å²) in [6, 6.07) is 5.39. The molecule has 2 rings (SSSR count). The van der Waals surface area contributed by atoms with Gasteiger partial charge in [-0.15, -0.1) is 0 Å². The third-order valence-corrected chi connectivity index (χ3v) is 2.17. The third kappa shape index (κ3) is 1.93. The lowest BCUT2D eigenvalue weighted by molar-refractivity contribution is 0.410. The van der Waals surface area contributed by atoms with E-state index in [2.05, 4.69) is 4.98 Å². The van der Waals surface area contributed by atoms with Crippen LogP contribution in [0.1, 0.15) is 0 Å². The summed E-state index contributed by atoms with van der Waals surface area (Å²) >= 11 is 0. The zero-order chi connectivity index (χ0) is 12.6. The second kappa shape index (κ2) is 4.04. The van der Waals surface area contributed by atoms with Crippen molar-refractivity contribution >= 4 is 5.69 Å². The first-order chi connectivity index (χ1) is 8.00. The first-order valence-corrected chi connectivity index (χ1v) is 4.56. The summed E-state index contributed by atoms with van der Waals surface area (Å²) in [7, 11) is 0. The van der Waals surface area contributed by atoms with Gasteiger partial charge >= 0.3 is 0 Å². The summed E-state index contributed by atoms with van der Waals surface area (Å²) in [5.74, 6) is -6.48. The monoisotopic (exact) mass is 242 g/mol. The Morgan fingerprint density at radius 3 is 2.06 bits per heavy atom. The van der Waals surface area contributed by atoms with Crippen molar-refractivity contribution in [3.63, 3.8) is 0 Å². The highest BCUT2D eigenvalue weighted by Gasteiger charge is 2.21. The van der Waals surface area contributed by atoms with Gasteiger partial charge in [0.05, 0.1) is 5.56 Å². The van der Waals surface area contributed by atoms with Gasteiger partial charge in [-0.3, -0.25) is 0 Å². The molecule has 0 saturated carbocycles. The molecule has 1 heterocycles. The van der Waals surface area contributed by atoms with E-state index in [1.54, 1.807) is 0 Å². The molecule has 1 aromatic carbocycles. The predicted molar refractivity (Wildman–Crippen MR) is 53.9 cm³/mol. The summed E-state index contributed by atoms with van der Waals surface area (Å²) < 4.78 is 52.5. The van der Waals surface area contributed by atoms with Gasteiger partial charge in [0.2, 0.25) is 0 Å². The molecule has 0 unspecified atom stereocenters. The first-order valence-electron chi connectivity index (χ1n) is 4.56. The maximum atomic E-state index is 13.4. The molecule has 0 aliphatic rings. The zero-order valence-electron chi connectivity index (χ0n) is 8.35. The standard InChI is InChI=1S/C11H6F4N2/c12-8-7(5-2-1-3-6(16)4-5)9(13)11(15)17-10(8)14/h1-4H,16H2. The Bertz CT molecular complexity index is 558. The van der Waals surface area contributed by atoms with Crippen molar-refractivity contribution in [2.75, 3.05) is 5.73 Å². The Kier molecular flexibility index (Phi) is 2.71. The van der Waals surface area contributed by atoms with Gasteiger partial charge in [0.15, 0.2) is 11.6 Å². The maximum Gasteiger partial charge on any atom is 0.252 e. The summed E-state index contributed by atoms with van der Waals surface area (Å²) in [5, 5.41) is 0. The largest absolute Gasteiger partial charge is 0.399 e. The average molecular weight is 242 g/mol. The van der Waals surface area contributed by atoms with Gasteiger partial charge in [-0.1, -0.05) is 12.1 Å². The summed E-state index contributed by atoms with van der Waals surface area (Å²) in [4.78, 5) is 2.47. The van der Waals surface area contributed by atoms with E-state index in [1.165, 1.54) is 24.3 Å². The van der Waals surface area contributed by atoms with E-state index in [0.29, 0.717) is 0 Å². The van der Waals surface area contributed by atoms with E-state index < -0.39 is 29.1 Å². The molecule has 0 bridgehead atoms. The number of anilines is 1. The van der Waals surface area contributed by atoms with Crippen LogP contribution in [0.15, 0.2) is 24.3 Å². The number of rotatable bonds is 1. The minimum absolute atomic E-state index is 0.0554. The van der Waals surface area contributed by atoms with Gasteiger partial charge in [0.1, 0.15) is 0 Å². The first kappa shape index (κ1) is 11.4. The van der Waals surface area contributed by atoms with Crippen LogP contribution >= 0.6 is 0 Å². The van der Waals surface area contributed by atoms with Gasteiger partial charge < -0.3 is 5.73 Å². The van der Waals surface area contributed by atoms with E-state index in [0.717, 1.165) is 0 Å². The van der Waals surface area contributed by atoms with Crippen LogP contribution in [-0.4, -0.2) is 4.98 Å². The highest BCUT2D eigenvalue weighted by molar-refractivity contribution is 5.68. The van der Waals surface area contributed by atoms with Gasteiger partial charge in [-0.05, 0) is 17.7 Å². The highest BCUT2D eigenvalue weighted by atomic mass is 19.2. The lowest BCUT2D eigenvalue weighted by atomic mass is 10.1. The molecule has 1 aromatic heterocycles. The highest BCUT2D eigenvalue weighted by Crippen LogP contribution is 2.29. The molecule has 2 N–H and O–H groups in total. The molecule has 0 saturated heterocycles. The number of nitrogens with two attached hydrogens (primary N) is 1. The topological polar surface area (TPSA) is 38.9 Å². The van der Waals surface area contributed by atoms with Gasteiger partial charge in [-0.2, -0.15) is 13.8 Å².